The normalized spacial score (nSPS) is 24.8. The number of thiazole rings is 1. The lowest BCUT2D eigenvalue weighted by molar-refractivity contribution is -0.144. The Morgan fingerprint density at radius 3 is 2.75 bits per heavy atom. The van der Waals surface area contributed by atoms with Gasteiger partial charge in [-0.25, -0.2) is 4.98 Å². The molecule has 4 nitrogen and oxygen atoms in total. The van der Waals surface area contributed by atoms with E-state index in [1.807, 2.05) is 6.20 Å². The second-order valence-corrected chi connectivity index (χ2v) is 7.87. The zero-order chi connectivity index (χ0) is 14.9. The maximum atomic E-state index is 11.2. The van der Waals surface area contributed by atoms with Crippen molar-refractivity contribution >= 4 is 17.3 Å². The van der Waals surface area contributed by atoms with Crippen molar-refractivity contribution in [3.63, 3.8) is 0 Å². The molecule has 0 saturated carbocycles. The lowest BCUT2D eigenvalue weighted by Gasteiger charge is -2.35. The molecule has 0 radical (unpaired) electrons. The molecule has 2 heterocycles. The zero-order valence-corrected chi connectivity index (χ0v) is 13.5. The molecule has 112 valence electrons. The number of hydrogen-bond donors (Lipinski definition) is 1. The van der Waals surface area contributed by atoms with Crippen LogP contribution in [0.4, 0.5) is 0 Å². The third kappa shape index (κ3) is 3.58. The first-order valence-corrected chi connectivity index (χ1v) is 8.01. The van der Waals surface area contributed by atoms with E-state index in [0.29, 0.717) is 12.6 Å². The smallest absolute Gasteiger partial charge is 0.307 e. The van der Waals surface area contributed by atoms with Gasteiger partial charge in [-0.2, -0.15) is 0 Å². The number of hydrogen-bond acceptors (Lipinski definition) is 4. The molecule has 0 amide bonds. The minimum Gasteiger partial charge on any atom is -0.481 e. The van der Waals surface area contributed by atoms with Crippen LogP contribution in [0.2, 0.25) is 0 Å². The number of aromatic nitrogens is 1. The van der Waals surface area contributed by atoms with E-state index < -0.39 is 5.97 Å². The first-order valence-electron chi connectivity index (χ1n) is 7.19. The van der Waals surface area contributed by atoms with Crippen LogP contribution in [0, 0.1) is 5.92 Å². The standard InChI is InChI=1S/C15H24N2O2S/c1-10-5-6-11(14(18)19)8-17(10)9-13-16-7-12(20-13)15(2,3)4/h7,10-11H,5-6,8-9H2,1-4H3,(H,18,19). The van der Waals surface area contributed by atoms with Gasteiger partial charge in [0.2, 0.25) is 0 Å². The SMILES string of the molecule is CC1CCC(C(=O)O)CN1Cc1ncc(C(C)(C)C)s1. The van der Waals surface area contributed by atoms with Crippen LogP contribution in [0.5, 0.6) is 0 Å². The Labute approximate surface area is 124 Å². The molecule has 0 bridgehead atoms. The van der Waals surface area contributed by atoms with Crippen LogP contribution in [-0.4, -0.2) is 33.5 Å². The third-order valence-corrected chi connectivity index (χ3v) is 5.40. The molecule has 1 fully saturated rings. The molecule has 0 spiro atoms. The van der Waals surface area contributed by atoms with Crippen LogP contribution in [0.15, 0.2) is 6.20 Å². The number of aliphatic carboxylic acids is 1. The first-order chi connectivity index (χ1) is 9.27. The van der Waals surface area contributed by atoms with E-state index in [-0.39, 0.29) is 11.3 Å². The van der Waals surface area contributed by atoms with Crippen molar-refractivity contribution in [3.05, 3.63) is 16.1 Å². The van der Waals surface area contributed by atoms with Crippen molar-refractivity contribution in [2.45, 2.75) is 58.5 Å². The van der Waals surface area contributed by atoms with Crippen LogP contribution < -0.4 is 0 Å². The fourth-order valence-electron chi connectivity index (χ4n) is 2.51. The molecular weight excluding hydrogens is 272 g/mol. The minimum absolute atomic E-state index is 0.132. The van der Waals surface area contributed by atoms with Gasteiger partial charge < -0.3 is 5.11 Å². The number of carboxylic acid groups (broad SMARTS) is 1. The Hall–Kier alpha value is -0.940. The summed E-state index contributed by atoms with van der Waals surface area (Å²) in [7, 11) is 0. The second-order valence-electron chi connectivity index (χ2n) is 6.76. The molecule has 2 unspecified atom stereocenters. The highest BCUT2D eigenvalue weighted by molar-refractivity contribution is 7.11. The van der Waals surface area contributed by atoms with E-state index in [9.17, 15) is 9.90 Å². The largest absolute Gasteiger partial charge is 0.481 e. The van der Waals surface area contributed by atoms with Gasteiger partial charge in [0.05, 0.1) is 12.5 Å². The van der Waals surface area contributed by atoms with Gasteiger partial charge in [0, 0.05) is 23.7 Å². The summed E-state index contributed by atoms with van der Waals surface area (Å²) in [4.78, 5) is 19.2. The van der Waals surface area contributed by atoms with Crippen LogP contribution >= 0.6 is 11.3 Å². The van der Waals surface area contributed by atoms with Gasteiger partial charge in [-0.3, -0.25) is 9.69 Å². The fraction of sp³-hybridized carbons (Fsp3) is 0.733. The Bertz CT molecular complexity index is 478. The molecule has 0 aromatic carbocycles. The average Bonchev–Trinajstić information content (AvgIpc) is 2.80. The maximum absolute atomic E-state index is 11.2. The molecular formula is C15H24N2O2S. The maximum Gasteiger partial charge on any atom is 0.307 e. The average molecular weight is 296 g/mol. The predicted molar refractivity (Wildman–Crippen MR) is 81.0 cm³/mol. The Kier molecular flexibility index (Phi) is 4.49. The van der Waals surface area contributed by atoms with Crippen molar-refractivity contribution in [2.75, 3.05) is 6.54 Å². The molecule has 0 aliphatic carbocycles. The van der Waals surface area contributed by atoms with E-state index in [2.05, 4.69) is 37.6 Å². The summed E-state index contributed by atoms with van der Waals surface area (Å²) < 4.78 is 0. The number of carboxylic acids is 1. The number of nitrogens with zero attached hydrogens (tertiary/aromatic N) is 2. The van der Waals surface area contributed by atoms with E-state index in [1.54, 1.807) is 11.3 Å². The molecule has 2 atom stereocenters. The van der Waals surface area contributed by atoms with Crippen molar-refractivity contribution < 1.29 is 9.90 Å². The van der Waals surface area contributed by atoms with Gasteiger partial charge in [-0.15, -0.1) is 11.3 Å². The van der Waals surface area contributed by atoms with Gasteiger partial charge in [0.1, 0.15) is 5.01 Å². The lowest BCUT2D eigenvalue weighted by atomic mass is 9.93. The van der Waals surface area contributed by atoms with Gasteiger partial charge in [0.25, 0.3) is 0 Å². The highest BCUT2D eigenvalue weighted by Crippen LogP contribution is 2.30. The molecule has 1 aliphatic heterocycles. The highest BCUT2D eigenvalue weighted by Gasteiger charge is 2.30. The zero-order valence-electron chi connectivity index (χ0n) is 12.7. The molecule has 1 N–H and O–H groups in total. The summed E-state index contributed by atoms with van der Waals surface area (Å²) in [5, 5.41) is 10.3. The number of piperidine rings is 1. The van der Waals surface area contributed by atoms with E-state index in [0.717, 1.165) is 24.4 Å². The summed E-state index contributed by atoms with van der Waals surface area (Å²) in [5.41, 5.74) is 0.132. The number of likely N-dealkylation sites (tertiary alicyclic amines) is 1. The van der Waals surface area contributed by atoms with Gasteiger partial charge >= 0.3 is 5.97 Å². The predicted octanol–water partition coefficient (Wildman–Crippen LogP) is 3.13. The monoisotopic (exact) mass is 296 g/mol. The van der Waals surface area contributed by atoms with Gasteiger partial charge in [0.15, 0.2) is 0 Å². The fourth-order valence-corrected chi connectivity index (χ4v) is 3.51. The molecule has 5 heteroatoms. The molecule has 1 aromatic rings. The van der Waals surface area contributed by atoms with E-state index in [4.69, 9.17) is 0 Å². The van der Waals surface area contributed by atoms with Crippen molar-refractivity contribution in [2.24, 2.45) is 5.92 Å². The van der Waals surface area contributed by atoms with Crippen molar-refractivity contribution in [1.29, 1.82) is 0 Å². The number of carbonyl (C=O) groups is 1. The van der Waals surface area contributed by atoms with Crippen molar-refractivity contribution in [1.82, 2.24) is 9.88 Å². The molecule has 1 aliphatic rings. The topological polar surface area (TPSA) is 53.4 Å². The Morgan fingerprint density at radius 1 is 1.50 bits per heavy atom. The van der Waals surface area contributed by atoms with Gasteiger partial charge in [-0.05, 0) is 25.2 Å². The van der Waals surface area contributed by atoms with Crippen LogP contribution in [0.1, 0.15) is 50.4 Å². The van der Waals surface area contributed by atoms with Crippen molar-refractivity contribution in [3.8, 4) is 0 Å². The third-order valence-electron chi connectivity index (χ3n) is 3.99. The van der Waals surface area contributed by atoms with Crippen LogP contribution in [-0.2, 0) is 16.8 Å². The summed E-state index contributed by atoms with van der Waals surface area (Å²) in [6.45, 7) is 10.2. The minimum atomic E-state index is -0.670. The molecule has 2 rings (SSSR count). The summed E-state index contributed by atoms with van der Waals surface area (Å²) in [6, 6.07) is 0.438. The van der Waals surface area contributed by atoms with E-state index >= 15 is 0 Å². The first kappa shape index (κ1) is 15.4. The van der Waals surface area contributed by atoms with E-state index in [1.165, 1.54) is 4.88 Å². The highest BCUT2D eigenvalue weighted by atomic mass is 32.1. The lowest BCUT2D eigenvalue weighted by Crippen LogP contribution is -2.43. The Balaban J connectivity index is 2.04. The van der Waals surface area contributed by atoms with Crippen LogP contribution in [0.3, 0.4) is 0 Å². The summed E-state index contributed by atoms with van der Waals surface area (Å²) in [6.07, 6.45) is 3.70. The molecule has 1 saturated heterocycles. The second kappa shape index (κ2) is 5.82. The molecule has 1 aromatic heterocycles. The quantitative estimate of drug-likeness (QED) is 0.931. The summed E-state index contributed by atoms with van der Waals surface area (Å²) >= 11 is 1.74. The molecule has 20 heavy (non-hydrogen) atoms. The van der Waals surface area contributed by atoms with Crippen LogP contribution in [0.25, 0.3) is 0 Å². The summed E-state index contributed by atoms with van der Waals surface area (Å²) in [5.74, 6) is -0.898. The Morgan fingerprint density at radius 2 is 2.20 bits per heavy atom. The van der Waals surface area contributed by atoms with Gasteiger partial charge in [-0.1, -0.05) is 20.8 Å². The number of rotatable bonds is 3.